The Hall–Kier alpha value is -0.860. The predicted molar refractivity (Wildman–Crippen MR) is 80.4 cm³/mol. The van der Waals surface area contributed by atoms with Crippen LogP contribution in [0.5, 0.6) is 0 Å². The Balaban J connectivity index is 1.34. The van der Waals surface area contributed by atoms with Gasteiger partial charge in [-0.15, -0.1) is 0 Å². The van der Waals surface area contributed by atoms with Crippen LogP contribution in [0.2, 0.25) is 0 Å². The summed E-state index contributed by atoms with van der Waals surface area (Å²) in [6.45, 7) is 3.85. The molecule has 2 unspecified atom stereocenters. The first-order valence-electron chi connectivity index (χ1n) is 7.93. The van der Waals surface area contributed by atoms with Crippen LogP contribution in [0.3, 0.4) is 0 Å². The number of nitrogens with one attached hydrogen (secondary N) is 1. The van der Waals surface area contributed by atoms with E-state index in [2.05, 4.69) is 40.5 Å². The van der Waals surface area contributed by atoms with Crippen molar-refractivity contribution in [2.45, 2.75) is 50.6 Å². The van der Waals surface area contributed by atoms with Crippen molar-refractivity contribution in [3.63, 3.8) is 0 Å². The van der Waals surface area contributed by atoms with Crippen LogP contribution in [0.4, 0.5) is 0 Å². The standard InChI is InChI=1S/C17H26N2/c1-2-6-15(7-3-1)8-4-11-18-16-10-13-19-12-5-9-17(19)14-16/h1-3,6-7,16-18H,4-5,8-14H2. The molecule has 2 heterocycles. The zero-order valence-electron chi connectivity index (χ0n) is 11.9. The lowest BCUT2D eigenvalue weighted by atomic mass is 9.97. The maximum Gasteiger partial charge on any atom is 0.0111 e. The van der Waals surface area contributed by atoms with Crippen molar-refractivity contribution in [1.82, 2.24) is 10.2 Å². The van der Waals surface area contributed by atoms with Crippen molar-refractivity contribution in [3.05, 3.63) is 35.9 Å². The van der Waals surface area contributed by atoms with Gasteiger partial charge in [0.2, 0.25) is 0 Å². The number of benzene rings is 1. The normalized spacial score (nSPS) is 27.4. The minimum absolute atomic E-state index is 0.773. The molecule has 2 aliphatic rings. The van der Waals surface area contributed by atoms with Crippen LogP contribution in [0.1, 0.15) is 37.7 Å². The Morgan fingerprint density at radius 3 is 2.89 bits per heavy atom. The van der Waals surface area contributed by atoms with Crippen molar-refractivity contribution in [2.75, 3.05) is 19.6 Å². The van der Waals surface area contributed by atoms with Gasteiger partial charge in [-0.1, -0.05) is 30.3 Å². The molecule has 0 aliphatic carbocycles. The van der Waals surface area contributed by atoms with Gasteiger partial charge in [0.25, 0.3) is 0 Å². The van der Waals surface area contributed by atoms with E-state index in [4.69, 9.17) is 0 Å². The van der Waals surface area contributed by atoms with Crippen LogP contribution in [-0.4, -0.2) is 36.6 Å². The molecule has 0 saturated carbocycles. The highest BCUT2D eigenvalue weighted by molar-refractivity contribution is 5.14. The Kier molecular flexibility index (Phi) is 4.52. The van der Waals surface area contributed by atoms with Gasteiger partial charge in [0.15, 0.2) is 0 Å². The van der Waals surface area contributed by atoms with Gasteiger partial charge in [-0.25, -0.2) is 0 Å². The average molecular weight is 258 g/mol. The molecule has 2 fully saturated rings. The molecule has 2 saturated heterocycles. The smallest absolute Gasteiger partial charge is 0.0111 e. The van der Waals surface area contributed by atoms with Crippen molar-refractivity contribution in [3.8, 4) is 0 Å². The van der Waals surface area contributed by atoms with Crippen molar-refractivity contribution in [1.29, 1.82) is 0 Å². The molecule has 1 aromatic carbocycles. The highest BCUT2D eigenvalue weighted by Crippen LogP contribution is 2.26. The van der Waals surface area contributed by atoms with E-state index in [-0.39, 0.29) is 0 Å². The molecule has 19 heavy (non-hydrogen) atoms. The maximum absolute atomic E-state index is 3.78. The van der Waals surface area contributed by atoms with E-state index in [0.29, 0.717) is 0 Å². The molecule has 2 heteroatoms. The quantitative estimate of drug-likeness (QED) is 0.817. The van der Waals surface area contributed by atoms with Crippen LogP contribution >= 0.6 is 0 Å². The van der Waals surface area contributed by atoms with Gasteiger partial charge in [0.1, 0.15) is 0 Å². The lowest BCUT2D eigenvalue weighted by Crippen LogP contribution is -2.45. The summed E-state index contributed by atoms with van der Waals surface area (Å²) >= 11 is 0. The molecule has 2 nitrogen and oxygen atoms in total. The van der Waals surface area contributed by atoms with E-state index in [1.54, 1.807) is 0 Å². The van der Waals surface area contributed by atoms with Gasteiger partial charge in [-0.3, -0.25) is 0 Å². The van der Waals surface area contributed by atoms with Gasteiger partial charge in [0, 0.05) is 12.1 Å². The first-order chi connectivity index (χ1) is 9.42. The maximum atomic E-state index is 3.78. The molecule has 0 spiro atoms. The van der Waals surface area contributed by atoms with E-state index in [0.717, 1.165) is 12.1 Å². The average Bonchev–Trinajstić information content (AvgIpc) is 2.92. The minimum Gasteiger partial charge on any atom is -0.314 e. The van der Waals surface area contributed by atoms with E-state index in [1.807, 2.05) is 0 Å². The fourth-order valence-electron chi connectivity index (χ4n) is 3.65. The molecule has 0 radical (unpaired) electrons. The fraction of sp³-hybridized carbons (Fsp3) is 0.647. The monoisotopic (exact) mass is 258 g/mol. The van der Waals surface area contributed by atoms with Gasteiger partial charge in [-0.2, -0.15) is 0 Å². The number of hydrogen-bond donors (Lipinski definition) is 1. The highest BCUT2D eigenvalue weighted by Gasteiger charge is 2.31. The molecular formula is C17H26N2. The van der Waals surface area contributed by atoms with Crippen molar-refractivity contribution in [2.24, 2.45) is 0 Å². The van der Waals surface area contributed by atoms with Gasteiger partial charge < -0.3 is 10.2 Å². The summed E-state index contributed by atoms with van der Waals surface area (Å²) in [5, 5.41) is 3.78. The predicted octanol–water partition coefficient (Wildman–Crippen LogP) is 2.84. The SMILES string of the molecule is c1ccc(CCCNC2CCN3CCCC3C2)cc1. The summed E-state index contributed by atoms with van der Waals surface area (Å²) < 4.78 is 0. The lowest BCUT2D eigenvalue weighted by Gasteiger charge is -2.35. The molecule has 104 valence electrons. The number of rotatable bonds is 5. The second-order valence-corrected chi connectivity index (χ2v) is 6.10. The zero-order chi connectivity index (χ0) is 12.9. The summed E-state index contributed by atoms with van der Waals surface area (Å²) in [5.41, 5.74) is 1.47. The Morgan fingerprint density at radius 2 is 2.00 bits per heavy atom. The number of fused-ring (bicyclic) bond motifs is 1. The number of nitrogens with zero attached hydrogens (tertiary/aromatic N) is 1. The van der Waals surface area contributed by atoms with Gasteiger partial charge in [-0.05, 0) is 63.7 Å². The second kappa shape index (κ2) is 6.53. The van der Waals surface area contributed by atoms with Crippen LogP contribution < -0.4 is 5.32 Å². The minimum atomic E-state index is 0.773. The first kappa shape index (κ1) is 13.1. The molecule has 2 atom stereocenters. The Labute approximate surface area is 117 Å². The van der Waals surface area contributed by atoms with E-state index < -0.39 is 0 Å². The van der Waals surface area contributed by atoms with Crippen molar-refractivity contribution >= 4 is 0 Å². The molecule has 0 bridgehead atoms. The molecule has 2 aliphatic heterocycles. The van der Waals surface area contributed by atoms with Gasteiger partial charge in [0.05, 0.1) is 0 Å². The van der Waals surface area contributed by atoms with Crippen LogP contribution in [-0.2, 0) is 6.42 Å². The summed E-state index contributed by atoms with van der Waals surface area (Å²) in [5.74, 6) is 0. The third kappa shape index (κ3) is 3.58. The summed E-state index contributed by atoms with van der Waals surface area (Å²) in [7, 11) is 0. The fourth-order valence-corrected chi connectivity index (χ4v) is 3.65. The topological polar surface area (TPSA) is 15.3 Å². The summed E-state index contributed by atoms with van der Waals surface area (Å²) in [4.78, 5) is 2.70. The third-order valence-corrected chi connectivity index (χ3v) is 4.74. The van der Waals surface area contributed by atoms with E-state index in [9.17, 15) is 0 Å². The molecule has 1 N–H and O–H groups in total. The molecule has 0 amide bonds. The molecule has 1 aromatic rings. The first-order valence-corrected chi connectivity index (χ1v) is 7.93. The largest absolute Gasteiger partial charge is 0.314 e. The lowest BCUT2D eigenvalue weighted by molar-refractivity contribution is 0.167. The van der Waals surface area contributed by atoms with Gasteiger partial charge >= 0.3 is 0 Å². The number of aryl methyl sites for hydroxylation is 1. The van der Waals surface area contributed by atoms with Crippen LogP contribution in [0.15, 0.2) is 30.3 Å². The summed E-state index contributed by atoms with van der Waals surface area (Å²) in [6, 6.07) is 12.5. The molecular weight excluding hydrogens is 232 g/mol. The second-order valence-electron chi connectivity index (χ2n) is 6.10. The Morgan fingerprint density at radius 1 is 1.11 bits per heavy atom. The van der Waals surface area contributed by atoms with Crippen LogP contribution in [0, 0.1) is 0 Å². The number of hydrogen-bond acceptors (Lipinski definition) is 2. The highest BCUT2D eigenvalue weighted by atomic mass is 15.2. The molecule has 0 aromatic heterocycles. The third-order valence-electron chi connectivity index (χ3n) is 4.74. The zero-order valence-corrected chi connectivity index (χ0v) is 11.9. The Bertz CT molecular complexity index is 376. The van der Waals surface area contributed by atoms with E-state index >= 15 is 0 Å². The number of piperidine rings is 1. The van der Waals surface area contributed by atoms with Crippen molar-refractivity contribution < 1.29 is 0 Å². The van der Waals surface area contributed by atoms with Crippen LogP contribution in [0.25, 0.3) is 0 Å². The van der Waals surface area contributed by atoms with E-state index in [1.165, 1.54) is 63.7 Å². The molecule has 3 rings (SSSR count). The summed E-state index contributed by atoms with van der Waals surface area (Å²) in [6.07, 6.45) is 8.05.